The number of cyclic esters (lactones) is 1. The van der Waals surface area contributed by atoms with Crippen LogP contribution in [0.4, 0.5) is 21.0 Å². The molecule has 6 N–H and O–H groups in total. The number of nitrogens with zero attached hydrogens (tertiary/aromatic N) is 3. The highest BCUT2D eigenvalue weighted by molar-refractivity contribution is 6.23. The third-order valence-electron chi connectivity index (χ3n) is 13.2. The number of nitro groups is 1. The van der Waals surface area contributed by atoms with Crippen LogP contribution < -0.4 is 26.0 Å². The second kappa shape index (κ2) is 21.2. The molecule has 3 aliphatic heterocycles. The van der Waals surface area contributed by atoms with Crippen molar-refractivity contribution in [1.82, 2.24) is 15.5 Å². The standard InChI is InChI=1S/C55H48N6O12/c56-53(67)57-27-11-12-34-23-26-43-42(30-34)55(52(66)59(43)54(68)72-33-35-21-24-40(25-22-35)61(69)70)45(50(64)58-32-44(63)36-13-4-1-5-14-36)47-51(65)73-48(38-17-8-3-9-18-38)46(37-15-6-2-7-16-37)60(47)49(55)39-19-10-20-41(31-39)71-29-28-62/h1-10,13-26,30-31,44-49,62-63H,27-29,32-33H2,(H,58,64)(H3,56,57,67)/t44-,45+,46+,47+,48-,49-,55+/m0/s1. The lowest BCUT2D eigenvalue weighted by Gasteiger charge is -2.46. The van der Waals surface area contributed by atoms with Crippen molar-refractivity contribution in [1.29, 1.82) is 0 Å². The van der Waals surface area contributed by atoms with E-state index in [4.69, 9.17) is 19.9 Å². The van der Waals surface area contributed by atoms with Gasteiger partial charge in [-0.3, -0.25) is 29.4 Å². The van der Waals surface area contributed by atoms with E-state index in [9.17, 15) is 29.9 Å². The van der Waals surface area contributed by atoms with Crippen molar-refractivity contribution in [2.24, 2.45) is 11.7 Å². The van der Waals surface area contributed by atoms with Crippen molar-refractivity contribution in [2.75, 3.05) is 31.2 Å². The molecule has 9 rings (SSSR count). The number of nitrogens with two attached hydrogens (primary N) is 1. The maximum atomic E-state index is 16.5. The highest BCUT2D eigenvalue weighted by Crippen LogP contribution is 2.66. The second-order valence-corrected chi connectivity index (χ2v) is 17.5. The number of fused-ring (bicyclic) bond motifs is 3. The van der Waals surface area contributed by atoms with Gasteiger partial charge in [0.05, 0.1) is 47.9 Å². The summed E-state index contributed by atoms with van der Waals surface area (Å²) < 4.78 is 18.3. The summed E-state index contributed by atoms with van der Waals surface area (Å²) in [6.45, 7) is -1.37. The third kappa shape index (κ3) is 9.55. The average Bonchev–Trinajstić information content (AvgIpc) is 3.87. The Kier molecular flexibility index (Phi) is 14.3. The zero-order chi connectivity index (χ0) is 51.2. The highest BCUT2D eigenvalue weighted by atomic mass is 16.6. The van der Waals surface area contributed by atoms with Gasteiger partial charge in [-0.25, -0.2) is 14.5 Å². The molecular weight excluding hydrogens is 937 g/mol. The SMILES string of the molecule is NC(=O)NCC#Cc1ccc2c(c1)[C@]1(C(=O)N2C(=O)OCc2ccc([N+](=O)[O-])cc2)[C@H](c2cccc(OCCO)c2)N2[C@H](c3ccccc3)[C@H](c3ccccc3)OC(=O)[C@H]2[C@@H]1C(=O)NC[C@H](O)c1ccccc1. The fraction of sp³-hybridized carbons (Fsp3) is 0.218. The molecule has 7 atom stereocenters. The molecule has 0 bridgehead atoms. The predicted octanol–water partition coefficient (Wildman–Crippen LogP) is 5.84. The Morgan fingerprint density at radius 1 is 0.822 bits per heavy atom. The van der Waals surface area contributed by atoms with E-state index < -0.39 is 83.1 Å². The van der Waals surface area contributed by atoms with Crippen molar-refractivity contribution < 1.29 is 53.3 Å². The third-order valence-corrected chi connectivity index (χ3v) is 13.2. The first-order chi connectivity index (χ1) is 35.4. The van der Waals surface area contributed by atoms with Gasteiger partial charge in [0, 0.05) is 24.2 Å². The number of primary amides is 1. The molecule has 0 radical (unpaired) electrons. The van der Waals surface area contributed by atoms with Crippen LogP contribution in [0.25, 0.3) is 0 Å². The maximum Gasteiger partial charge on any atom is 0.421 e. The maximum absolute atomic E-state index is 16.5. The fourth-order valence-electron chi connectivity index (χ4n) is 10.2. The Bertz CT molecular complexity index is 3110. The van der Waals surface area contributed by atoms with Crippen molar-refractivity contribution >= 4 is 41.3 Å². The first-order valence-electron chi connectivity index (χ1n) is 23.3. The molecule has 5 amide bonds. The van der Waals surface area contributed by atoms with Crippen molar-refractivity contribution in [3.8, 4) is 17.6 Å². The molecule has 6 aromatic carbocycles. The quantitative estimate of drug-likeness (QED) is 0.0373. The summed E-state index contributed by atoms with van der Waals surface area (Å²) in [5.74, 6) is 1.69. The lowest BCUT2D eigenvalue weighted by atomic mass is 9.65. The molecule has 2 saturated heterocycles. The Balaban J connectivity index is 1.30. The van der Waals surface area contributed by atoms with E-state index in [0.717, 1.165) is 4.90 Å². The van der Waals surface area contributed by atoms with Crippen molar-refractivity contribution in [2.45, 2.75) is 42.4 Å². The summed E-state index contributed by atoms with van der Waals surface area (Å²) >= 11 is 0. The zero-order valence-corrected chi connectivity index (χ0v) is 38.9. The number of hydrogen-bond donors (Lipinski definition) is 5. The number of aliphatic hydroxyl groups excluding tert-OH is 2. The minimum absolute atomic E-state index is 0.0107. The summed E-state index contributed by atoms with van der Waals surface area (Å²) in [4.78, 5) is 87.7. The minimum atomic E-state index is -2.26. The van der Waals surface area contributed by atoms with E-state index in [1.807, 2.05) is 53.4 Å². The molecule has 1 spiro atoms. The molecule has 18 heteroatoms. The van der Waals surface area contributed by atoms with Crippen LogP contribution in [0.15, 0.2) is 158 Å². The van der Waals surface area contributed by atoms with Crippen LogP contribution in [0.3, 0.4) is 0 Å². The van der Waals surface area contributed by atoms with Crippen LogP contribution in [0.5, 0.6) is 5.75 Å². The summed E-state index contributed by atoms with van der Waals surface area (Å²) in [6.07, 6.45) is -3.44. The minimum Gasteiger partial charge on any atom is -0.491 e. The number of aliphatic hydroxyl groups is 2. The van der Waals surface area contributed by atoms with Gasteiger partial charge < -0.3 is 40.8 Å². The Hall–Kier alpha value is -8.89. The largest absolute Gasteiger partial charge is 0.491 e. The van der Waals surface area contributed by atoms with E-state index in [1.165, 1.54) is 36.4 Å². The number of nitrogens with one attached hydrogen (secondary N) is 2. The number of anilines is 1. The fourth-order valence-corrected chi connectivity index (χ4v) is 10.2. The Morgan fingerprint density at radius 2 is 1.49 bits per heavy atom. The number of benzene rings is 6. The number of rotatable bonds is 14. The lowest BCUT2D eigenvalue weighted by molar-refractivity contribution is -0.384. The van der Waals surface area contributed by atoms with Gasteiger partial charge >= 0.3 is 18.1 Å². The number of amides is 5. The summed E-state index contributed by atoms with van der Waals surface area (Å²) in [5.41, 5.74) is 5.69. The number of nitro benzene ring substituents is 1. The number of imide groups is 1. The normalized spacial score (nSPS) is 21.2. The number of carbonyl (C=O) groups is 5. The van der Waals surface area contributed by atoms with Crippen molar-refractivity contribution in [3.63, 3.8) is 0 Å². The van der Waals surface area contributed by atoms with Gasteiger partial charge in [-0.1, -0.05) is 115 Å². The molecule has 0 aromatic heterocycles. The number of hydrogen-bond acceptors (Lipinski definition) is 13. The number of morpholine rings is 1. The molecule has 3 aliphatic rings. The van der Waals surface area contributed by atoms with E-state index >= 15 is 14.4 Å². The molecule has 73 heavy (non-hydrogen) atoms. The lowest BCUT2D eigenvalue weighted by Crippen LogP contribution is -2.56. The first-order valence-corrected chi connectivity index (χ1v) is 23.3. The number of esters is 1. The van der Waals surface area contributed by atoms with Gasteiger partial charge in [0.2, 0.25) is 11.8 Å². The second-order valence-electron chi connectivity index (χ2n) is 17.5. The van der Waals surface area contributed by atoms with Crippen LogP contribution >= 0.6 is 0 Å². The van der Waals surface area contributed by atoms with Gasteiger partial charge in [0.1, 0.15) is 36.5 Å². The van der Waals surface area contributed by atoms with Crippen LogP contribution in [0, 0.1) is 27.9 Å². The zero-order valence-electron chi connectivity index (χ0n) is 38.9. The highest BCUT2D eigenvalue weighted by Gasteiger charge is 2.76. The number of ether oxygens (including phenoxy) is 3. The summed E-state index contributed by atoms with van der Waals surface area (Å²) in [5, 5.41) is 38.0. The van der Waals surface area contributed by atoms with Crippen LogP contribution in [-0.2, 0) is 35.9 Å². The number of urea groups is 1. The molecule has 0 saturated carbocycles. The smallest absolute Gasteiger partial charge is 0.421 e. The Labute approximate surface area is 418 Å². The van der Waals surface area contributed by atoms with Crippen LogP contribution in [-0.4, -0.2) is 82.3 Å². The van der Waals surface area contributed by atoms with Gasteiger partial charge in [-0.05, 0) is 75.8 Å². The van der Waals surface area contributed by atoms with E-state index in [2.05, 4.69) is 22.5 Å². The Morgan fingerprint density at radius 3 is 2.16 bits per heavy atom. The summed E-state index contributed by atoms with van der Waals surface area (Å²) in [7, 11) is 0. The number of non-ortho nitro benzene ring substituents is 1. The van der Waals surface area contributed by atoms with E-state index in [0.29, 0.717) is 27.8 Å². The average molecular weight is 985 g/mol. The van der Waals surface area contributed by atoms with Gasteiger partial charge in [-0.15, -0.1) is 0 Å². The number of carbonyl (C=O) groups excluding carboxylic acids is 5. The molecule has 2 fully saturated rings. The van der Waals surface area contributed by atoms with Crippen LogP contribution in [0.1, 0.15) is 63.2 Å². The van der Waals surface area contributed by atoms with Crippen molar-refractivity contribution in [3.05, 3.63) is 207 Å². The predicted molar refractivity (Wildman–Crippen MR) is 263 cm³/mol. The van der Waals surface area contributed by atoms with E-state index in [-0.39, 0.29) is 54.6 Å². The van der Waals surface area contributed by atoms with Gasteiger partial charge in [0.25, 0.3) is 5.69 Å². The van der Waals surface area contributed by atoms with Crippen LogP contribution in [0.2, 0.25) is 0 Å². The molecule has 3 heterocycles. The molecule has 6 aromatic rings. The van der Waals surface area contributed by atoms with E-state index in [1.54, 1.807) is 72.8 Å². The molecule has 370 valence electrons. The molecule has 0 aliphatic carbocycles. The first kappa shape index (κ1) is 49.1. The molecule has 18 nitrogen and oxygen atoms in total. The topological polar surface area (TPSA) is 253 Å². The van der Waals surface area contributed by atoms with Gasteiger partial charge in [-0.2, -0.15) is 0 Å². The van der Waals surface area contributed by atoms with Gasteiger partial charge in [0.15, 0.2) is 0 Å². The molecular formula is C55H48N6O12. The molecule has 0 unspecified atom stereocenters. The monoisotopic (exact) mass is 984 g/mol. The summed E-state index contributed by atoms with van der Waals surface area (Å²) in [6, 6.07) is 38.7.